The van der Waals surface area contributed by atoms with Crippen molar-refractivity contribution >= 4 is 5.91 Å². The molecule has 0 heterocycles. The fourth-order valence-electron chi connectivity index (χ4n) is 1.38. The van der Waals surface area contributed by atoms with E-state index in [2.05, 4.69) is 5.32 Å². The average Bonchev–Trinajstić information content (AvgIpc) is 2.24. The Balaban J connectivity index is 3.75. The Morgan fingerprint density at radius 1 is 1.53 bits per heavy atom. The minimum Gasteiger partial charge on any atom is -0.385 e. The lowest BCUT2D eigenvalue weighted by Crippen LogP contribution is -2.37. The zero-order valence-electron chi connectivity index (χ0n) is 10.4. The van der Waals surface area contributed by atoms with Crippen LogP contribution in [-0.2, 0) is 9.53 Å². The second kappa shape index (κ2) is 8.68. The van der Waals surface area contributed by atoms with Crippen molar-refractivity contribution in [2.75, 3.05) is 40.4 Å². The highest BCUT2D eigenvalue weighted by atomic mass is 16.5. The maximum Gasteiger partial charge on any atom is 0.226 e. The van der Waals surface area contributed by atoms with Crippen LogP contribution < -0.4 is 5.32 Å². The smallest absolute Gasteiger partial charge is 0.226 e. The molecule has 0 bridgehead atoms. The number of nitrogens with zero attached hydrogens (tertiary/aromatic N) is 1. The predicted octanol–water partition coefficient (Wildman–Crippen LogP) is 0.727. The molecule has 0 aromatic heterocycles. The van der Waals surface area contributed by atoms with Crippen molar-refractivity contribution in [3.8, 4) is 0 Å². The van der Waals surface area contributed by atoms with Gasteiger partial charge in [-0.3, -0.25) is 4.79 Å². The topological polar surface area (TPSA) is 41.6 Å². The van der Waals surface area contributed by atoms with Crippen molar-refractivity contribution in [3.05, 3.63) is 0 Å². The van der Waals surface area contributed by atoms with Crippen molar-refractivity contribution in [1.82, 2.24) is 10.2 Å². The van der Waals surface area contributed by atoms with Crippen molar-refractivity contribution in [3.63, 3.8) is 0 Å². The molecule has 1 atom stereocenters. The third kappa shape index (κ3) is 6.47. The Morgan fingerprint density at radius 2 is 2.20 bits per heavy atom. The third-order valence-electron chi connectivity index (χ3n) is 2.34. The van der Waals surface area contributed by atoms with Crippen molar-refractivity contribution in [2.24, 2.45) is 5.92 Å². The van der Waals surface area contributed by atoms with Gasteiger partial charge < -0.3 is 15.0 Å². The molecule has 4 heteroatoms. The summed E-state index contributed by atoms with van der Waals surface area (Å²) in [4.78, 5) is 13.6. The fourth-order valence-corrected chi connectivity index (χ4v) is 1.38. The molecule has 0 aromatic carbocycles. The molecular weight excluding hydrogens is 192 g/mol. The maximum atomic E-state index is 11.8. The van der Waals surface area contributed by atoms with Gasteiger partial charge in [0.1, 0.15) is 0 Å². The lowest BCUT2D eigenvalue weighted by atomic mass is 10.1. The molecule has 1 unspecified atom stereocenters. The Kier molecular flexibility index (Phi) is 8.33. The summed E-state index contributed by atoms with van der Waals surface area (Å²) < 4.78 is 4.95. The Bertz CT molecular complexity index is 174. The number of carbonyl (C=O) groups is 1. The summed E-state index contributed by atoms with van der Waals surface area (Å²) >= 11 is 0. The third-order valence-corrected chi connectivity index (χ3v) is 2.34. The summed E-state index contributed by atoms with van der Waals surface area (Å²) in [6.45, 7) is 7.13. The van der Waals surface area contributed by atoms with Crippen LogP contribution in [0, 0.1) is 5.92 Å². The quantitative estimate of drug-likeness (QED) is 0.608. The van der Waals surface area contributed by atoms with Crippen LogP contribution in [0.25, 0.3) is 0 Å². The van der Waals surface area contributed by atoms with Crippen LogP contribution in [0.1, 0.15) is 20.3 Å². The van der Waals surface area contributed by atoms with E-state index in [-0.39, 0.29) is 11.8 Å². The number of hydrogen-bond donors (Lipinski definition) is 1. The van der Waals surface area contributed by atoms with E-state index in [1.165, 1.54) is 0 Å². The van der Waals surface area contributed by atoms with Gasteiger partial charge in [0.25, 0.3) is 0 Å². The van der Waals surface area contributed by atoms with E-state index in [1.807, 2.05) is 20.9 Å². The molecule has 90 valence electrons. The zero-order valence-corrected chi connectivity index (χ0v) is 10.4. The van der Waals surface area contributed by atoms with Gasteiger partial charge in [-0.15, -0.1) is 0 Å². The van der Waals surface area contributed by atoms with Gasteiger partial charge in [0.15, 0.2) is 0 Å². The Morgan fingerprint density at radius 3 is 2.73 bits per heavy atom. The van der Waals surface area contributed by atoms with Crippen LogP contribution in [0.2, 0.25) is 0 Å². The predicted molar refractivity (Wildman–Crippen MR) is 61.8 cm³/mol. The van der Waals surface area contributed by atoms with Crippen LogP contribution in [0.3, 0.4) is 0 Å². The minimum atomic E-state index is 0.0532. The molecule has 4 nitrogen and oxygen atoms in total. The van der Waals surface area contributed by atoms with E-state index in [1.54, 1.807) is 12.0 Å². The second-order valence-electron chi connectivity index (χ2n) is 3.81. The molecule has 15 heavy (non-hydrogen) atoms. The summed E-state index contributed by atoms with van der Waals surface area (Å²) in [5, 5.41) is 3.18. The van der Waals surface area contributed by atoms with Gasteiger partial charge in [0, 0.05) is 39.8 Å². The van der Waals surface area contributed by atoms with Crippen molar-refractivity contribution in [2.45, 2.75) is 20.3 Å². The number of ether oxygens (including phenoxy) is 1. The van der Waals surface area contributed by atoms with Crippen LogP contribution in [0.4, 0.5) is 0 Å². The number of hydrogen-bond acceptors (Lipinski definition) is 3. The molecule has 0 spiro atoms. The van der Waals surface area contributed by atoms with E-state index in [0.717, 1.165) is 26.1 Å². The zero-order chi connectivity index (χ0) is 11.7. The first-order valence-electron chi connectivity index (χ1n) is 5.58. The first kappa shape index (κ1) is 14.4. The largest absolute Gasteiger partial charge is 0.385 e. The molecule has 0 saturated heterocycles. The summed E-state index contributed by atoms with van der Waals surface area (Å²) in [7, 11) is 3.52. The molecule has 0 saturated carbocycles. The van der Waals surface area contributed by atoms with Crippen molar-refractivity contribution in [1.29, 1.82) is 0 Å². The molecule has 0 radical (unpaired) electrons. The second-order valence-corrected chi connectivity index (χ2v) is 3.81. The number of amides is 1. The number of carbonyl (C=O) groups excluding carboxylic acids is 1. The van der Waals surface area contributed by atoms with E-state index < -0.39 is 0 Å². The summed E-state index contributed by atoms with van der Waals surface area (Å²) in [6, 6.07) is 0. The molecular formula is C11H24N2O2. The van der Waals surface area contributed by atoms with Crippen LogP contribution in [0.15, 0.2) is 0 Å². The SMILES string of the molecule is CCNCC(C)C(=O)N(C)CCCOC. The Labute approximate surface area is 93.0 Å². The standard InChI is InChI=1S/C11H24N2O2/c1-5-12-9-10(2)11(14)13(3)7-6-8-15-4/h10,12H,5-9H2,1-4H3. The molecule has 1 amide bonds. The van der Waals surface area contributed by atoms with E-state index in [0.29, 0.717) is 6.61 Å². The van der Waals surface area contributed by atoms with Crippen LogP contribution in [-0.4, -0.2) is 51.2 Å². The lowest BCUT2D eigenvalue weighted by Gasteiger charge is -2.21. The van der Waals surface area contributed by atoms with Crippen LogP contribution >= 0.6 is 0 Å². The average molecular weight is 216 g/mol. The normalized spacial score (nSPS) is 12.5. The highest BCUT2D eigenvalue weighted by molar-refractivity contribution is 5.78. The van der Waals surface area contributed by atoms with Gasteiger partial charge in [-0.2, -0.15) is 0 Å². The van der Waals surface area contributed by atoms with E-state index >= 15 is 0 Å². The lowest BCUT2D eigenvalue weighted by molar-refractivity contribution is -0.133. The molecule has 0 aliphatic carbocycles. The van der Waals surface area contributed by atoms with Gasteiger partial charge in [-0.25, -0.2) is 0 Å². The molecule has 0 aliphatic rings. The van der Waals surface area contributed by atoms with Gasteiger partial charge in [-0.1, -0.05) is 13.8 Å². The summed E-state index contributed by atoms with van der Waals surface area (Å²) in [5.41, 5.74) is 0. The molecule has 0 fully saturated rings. The molecule has 1 N–H and O–H groups in total. The van der Waals surface area contributed by atoms with Crippen LogP contribution in [0.5, 0.6) is 0 Å². The highest BCUT2D eigenvalue weighted by Gasteiger charge is 2.16. The monoisotopic (exact) mass is 216 g/mol. The summed E-state index contributed by atoms with van der Waals surface area (Å²) in [5.74, 6) is 0.254. The first-order chi connectivity index (χ1) is 7.13. The van der Waals surface area contributed by atoms with Gasteiger partial charge in [0.2, 0.25) is 5.91 Å². The maximum absolute atomic E-state index is 11.8. The Hall–Kier alpha value is -0.610. The van der Waals surface area contributed by atoms with Crippen molar-refractivity contribution < 1.29 is 9.53 Å². The first-order valence-corrected chi connectivity index (χ1v) is 5.58. The molecule has 0 aliphatic heterocycles. The van der Waals surface area contributed by atoms with Gasteiger partial charge >= 0.3 is 0 Å². The van der Waals surface area contributed by atoms with Gasteiger partial charge in [0.05, 0.1) is 0 Å². The molecule has 0 aromatic rings. The summed E-state index contributed by atoms with van der Waals surface area (Å²) in [6.07, 6.45) is 0.896. The fraction of sp³-hybridized carbons (Fsp3) is 0.909. The van der Waals surface area contributed by atoms with E-state index in [9.17, 15) is 4.79 Å². The number of rotatable bonds is 8. The highest BCUT2D eigenvalue weighted by Crippen LogP contribution is 2.00. The minimum absolute atomic E-state index is 0.0532. The number of methoxy groups -OCH3 is 1. The van der Waals surface area contributed by atoms with Gasteiger partial charge in [-0.05, 0) is 13.0 Å². The molecule has 0 rings (SSSR count). The van der Waals surface area contributed by atoms with E-state index in [4.69, 9.17) is 4.74 Å². The number of nitrogens with one attached hydrogen (secondary N) is 1.